The van der Waals surface area contributed by atoms with Crippen LogP contribution in [0.25, 0.3) is 0 Å². The fourth-order valence-electron chi connectivity index (χ4n) is 3.28. The Morgan fingerprint density at radius 1 is 1.00 bits per heavy atom. The summed E-state index contributed by atoms with van der Waals surface area (Å²) in [5, 5.41) is 11.3. The van der Waals surface area contributed by atoms with E-state index >= 15 is 0 Å². The Kier molecular flexibility index (Phi) is 4.17. The first kappa shape index (κ1) is 17.6. The van der Waals surface area contributed by atoms with Crippen LogP contribution in [0.2, 0.25) is 0 Å². The maximum Gasteiger partial charge on any atom is 0.289 e. The van der Waals surface area contributed by atoms with Gasteiger partial charge in [-0.3, -0.25) is 10.1 Å². The smallest absolute Gasteiger partial charge is 0.258 e. The summed E-state index contributed by atoms with van der Waals surface area (Å²) >= 11 is 0. The maximum atomic E-state index is 13.2. The van der Waals surface area contributed by atoms with Gasteiger partial charge in [0.05, 0.1) is 17.0 Å². The lowest BCUT2D eigenvalue weighted by atomic mass is 9.88. The minimum Gasteiger partial charge on any atom is -0.258 e. The van der Waals surface area contributed by atoms with E-state index in [2.05, 4.69) is 0 Å². The molecule has 1 aliphatic heterocycles. The van der Waals surface area contributed by atoms with Crippen LogP contribution in [-0.2, 0) is 10.0 Å². The van der Waals surface area contributed by atoms with E-state index in [0.29, 0.717) is 0 Å². The zero-order valence-corrected chi connectivity index (χ0v) is 15.1. The molecule has 2 aromatic carbocycles. The third kappa shape index (κ3) is 3.05. The lowest BCUT2D eigenvalue weighted by molar-refractivity contribution is -0.387. The summed E-state index contributed by atoms with van der Waals surface area (Å²) in [7, 11) is -3.98. The molecule has 0 saturated carbocycles. The Morgan fingerprint density at radius 3 is 2.12 bits per heavy atom. The quantitative estimate of drug-likeness (QED) is 0.472. The summed E-state index contributed by atoms with van der Waals surface area (Å²) in [5.41, 5.74) is 0.204. The van der Waals surface area contributed by atoms with Crippen LogP contribution < -0.4 is 0 Å². The summed E-state index contributed by atoms with van der Waals surface area (Å²) in [5.74, 6) is 0. The van der Waals surface area contributed by atoms with Crippen molar-refractivity contribution in [1.29, 1.82) is 0 Å². The van der Waals surface area contributed by atoms with Crippen molar-refractivity contribution in [2.75, 3.05) is 0 Å². The van der Waals surface area contributed by atoms with Gasteiger partial charge in [-0.05, 0) is 17.0 Å². The van der Waals surface area contributed by atoms with Gasteiger partial charge < -0.3 is 0 Å². The van der Waals surface area contributed by atoms with E-state index < -0.39 is 20.6 Å². The third-order valence-corrected chi connectivity index (χ3v) is 6.31. The van der Waals surface area contributed by atoms with Crippen molar-refractivity contribution < 1.29 is 13.3 Å². The number of benzene rings is 2. The molecule has 7 heteroatoms. The lowest BCUT2D eigenvalue weighted by Crippen LogP contribution is -2.23. The highest BCUT2D eigenvalue weighted by molar-refractivity contribution is 7.89. The molecule has 0 spiro atoms. The molecule has 0 bridgehead atoms. The summed E-state index contributed by atoms with van der Waals surface area (Å²) in [6.07, 6.45) is 0. The molecular formula is C18H20N2O4S. The first-order valence-corrected chi connectivity index (χ1v) is 9.41. The van der Waals surface area contributed by atoms with Crippen molar-refractivity contribution in [3.05, 3.63) is 70.3 Å². The second-order valence-corrected chi connectivity index (χ2v) is 9.04. The van der Waals surface area contributed by atoms with Crippen LogP contribution in [0.5, 0.6) is 0 Å². The topological polar surface area (TPSA) is 80.3 Å². The molecule has 0 amide bonds. The van der Waals surface area contributed by atoms with Crippen molar-refractivity contribution in [2.24, 2.45) is 5.41 Å². The predicted molar refractivity (Wildman–Crippen MR) is 94.5 cm³/mol. The highest BCUT2D eigenvalue weighted by Gasteiger charge is 2.61. The van der Waals surface area contributed by atoms with E-state index in [4.69, 9.17) is 0 Å². The molecule has 0 N–H and O–H groups in total. The van der Waals surface area contributed by atoms with Crippen LogP contribution in [0, 0.1) is 15.5 Å². The number of sulfonamides is 1. The van der Waals surface area contributed by atoms with Crippen molar-refractivity contribution in [3.63, 3.8) is 0 Å². The molecule has 1 saturated heterocycles. The minimum atomic E-state index is -3.98. The molecule has 25 heavy (non-hydrogen) atoms. The fraction of sp³-hybridized carbons (Fsp3) is 0.333. The molecule has 3 atom stereocenters. The van der Waals surface area contributed by atoms with Gasteiger partial charge in [0.25, 0.3) is 15.7 Å². The Morgan fingerprint density at radius 2 is 1.56 bits per heavy atom. The predicted octanol–water partition coefficient (Wildman–Crippen LogP) is 3.76. The van der Waals surface area contributed by atoms with E-state index in [9.17, 15) is 18.5 Å². The average Bonchev–Trinajstić information content (AvgIpc) is 3.32. The molecule has 1 aliphatic rings. The Hall–Kier alpha value is -2.25. The number of nitro benzene ring substituents is 1. The van der Waals surface area contributed by atoms with E-state index in [0.717, 1.165) is 5.56 Å². The third-order valence-electron chi connectivity index (χ3n) is 4.40. The largest absolute Gasteiger partial charge is 0.289 e. The molecule has 1 heterocycles. The summed E-state index contributed by atoms with van der Waals surface area (Å²) in [4.78, 5) is 10.4. The SMILES string of the molecule is CC(C)(C)[C@@H]1[C@@H](c2ccccc2)N1S(=O)(=O)c1ccccc1[N+](=O)[O-]. The molecule has 132 valence electrons. The monoisotopic (exact) mass is 360 g/mol. The van der Waals surface area contributed by atoms with Crippen LogP contribution in [0.4, 0.5) is 5.69 Å². The lowest BCUT2D eigenvalue weighted by Gasteiger charge is -2.18. The molecule has 6 nitrogen and oxygen atoms in total. The van der Waals surface area contributed by atoms with Crippen molar-refractivity contribution >= 4 is 15.7 Å². The van der Waals surface area contributed by atoms with Gasteiger partial charge in [-0.2, -0.15) is 4.31 Å². The Balaban J connectivity index is 2.09. The zero-order valence-electron chi connectivity index (χ0n) is 14.3. The molecular weight excluding hydrogens is 340 g/mol. The van der Waals surface area contributed by atoms with E-state index in [-0.39, 0.29) is 22.4 Å². The van der Waals surface area contributed by atoms with Crippen LogP contribution in [-0.4, -0.2) is 23.7 Å². The molecule has 1 fully saturated rings. The first-order chi connectivity index (χ1) is 11.7. The van der Waals surface area contributed by atoms with Gasteiger partial charge in [-0.15, -0.1) is 0 Å². The zero-order chi connectivity index (χ0) is 18.4. The fourth-order valence-corrected chi connectivity index (χ4v) is 5.38. The van der Waals surface area contributed by atoms with Gasteiger partial charge in [0.15, 0.2) is 4.90 Å². The summed E-state index contributed by atoms with van der Waals surface area (Å²) in [6, 6.07) is 14.3. The number of rotatable bonds is 4. The minimum absolute atomic E-state index is 0.250. The van der Waals surface area contributed by atoms with Gasteiger partial charge in [0.2, 0.25) is 0 Å². The number of hydrogen-bond acceptors (Lipinski definition) is 4. The van der Waals surface area contributed by atoms with Gasteiger partial charge in [0, 0.05) is 6.07 Å². The van der Waals surface area contributed by atoms with Crippen LogP contribution in [0.1, 0.15) is 32.4 Å². The molecule has 0 aromatic heterocycles. The van der Waals surface area contributed by atoms with Gasteiger partial charge in [-0.1, -0.05) is 63.2 Å². The maximum absolute atomic E-state index is 13.2. The second-order valence-electron chi connectivity index (χ2n) is 7.23. The molecule has 0 aliphatic carbocycles. The van der Waals surface area contributed by atoms with E-state index in [1.807, 2.05) is 51.1 Å². The first-order valence-electron chi connectivity index (χ1n) is 7.97. The summed E-state index contributed by atoms with van der Waals surface area (Å²) < 4.78 is 27.8. The van der Waals surface area contributed by atoms with Crippen LogP contribution in [0.15, 0.2) is 59.5 Å². The normalized spacial score (nSPS) is 23.2. The number of nitrogens with zero attached hydrogens (tertiary/aromatic N) is 2. The highest BCUT2D eigenvalue weighted by atomic mass is 32.2. The van der Waals surface area contributed by atoms with Gasteiger partial charge in [0.1, 0.15) is 0 Å². The summed E-state index contributed by atoms with van der Waals surface area (Å²) in [6.45, 7) is 5.92. The standard InChI is InChI=1S/C18H20N2O4S/c1-18(2,3)17-16(13-9-5-4-6-10-13)19(17)25(23,24)15-12-8-7-11-14(15)20(21)22/h4-12,16-17H,1-3H3/t16-,17+,19?/m1/s1. The number of nitro groups is 1. The van der Waals surface area contributed by atoms with E-state index in [1.165, 1.54) is 28.6 Å². The van der Waals surface area contributed by atoms with Crippen LogP contribution >= 0.6 is 0 Å². The van der Waals surface area contributed by atoms with Crippen LogP contribution in [0.3, 0.4) is 0 Å². The molecule has 2 aromatic rings. The second kappa shape index (κ2) is 5.93. The molecule has 0 radical (unpaired) electrons. The highest BCUT2D eigenvalue weighted by Crippen LogP contribution is 2.55. The molecule has 3 rings (SSSR count). The van der Waals surface area contributed by atoms with Crippen molar-refractivity contribution in [1.82, 2.24) is 4.31 Å². The number of hydrogen-bond donors (Lipinski definition) is 0. The van der Waals surface area contributed by atoms with Gasteiger partial charge >= 0.3 is 0 Å². The van der Waals surface area contributed by atoms with Gasteiger partial charge in [-0.25, -0.2) is 8.42 Å². The van der Waals surface area contributed by atoms with E-state index in [1.54, 1.807) is 0 Å². The Labute approximate surface area is 147 Å². The average molecular weight is 360 g/mol. The Bertz CT molecular complexity index is 904. The molecule has 1 unspecified atom stereocenters. The van der Waals surface area contributed by atoms with Crippen molar-refractivity contribution in [2.45, 2.75) is 37.8 Å². The van der Waals surface area contributed by atoms with Crippen molar-refractivity contribution in [3.8, 4) is 0 Å². The number of para-hydroxylation sites is 1.